The summed E-state index contributed by atoms with van der Waals surface area (Å²) < 4.78 is 0. The van der Waals surface area contributed by atoms with Crippen LogP contribution in [-0.2, 0) is 0 Å². The maximum absolute atomic E-state index is 10.3. The highest BCUT2D eigenvalue weighted by Crippen LogP contribution is 2.57. The molecule has 106 valence electrons. The highest BCUT2D eigenvalue weighted by atomic mass is 16.3. The summed E-state index contributed by atoms with van der Waals surface area (Å²) >= 11 is 0. The Balaban J connectivity index is 1.47. The molecule has 0 amide bonds. The van der Waals surface area contributed by atoms with Gasteiger partial charge in [-0.15, -0.1) is 0 Å². The summed E-state index contributed by atoms with van der Waals surface area (Å²) in [6.45, 7) is 2.27. The molecule has 2 fully saturated rings. The van der Waals surface area contributed by atoms with E-state index < -0.39 is 0 Å². The molecule has 1 heteroatoms. The smallest absolute Gasteiger partial charge is 0.0573 e. The molecule has 1 N–H and O–H groups in total. The highest BCUT2D eigenvalue weighted by Gasteiger charge is 2.53. The lowest BCUT2D eigenvalue weighted by molar-refractivity contribution is 0.127. The Labute approximate surface area is 113 Å². The second-order valence-corrected chi connectivity index (χ2v) is 6.67. The van der Waals surface area contributed by atoms with E-state index in [0.717, 1.165) is 18.3 Å². The van der Waals surface area contributed by atoms with E-state index in [1.54, 1.807) is 0 Å². The molecule has 2 aliphatic carbocycles. The summed E-state index contributed by atoms with van der Waals surface area (Å²) in [5, 5.41) is 10.3. The zero-order valence-corrected chi connectivity index (χ0v) is 12.2. The summed E-state index contributed by atoms with van der Waals surface area (Å²) in [4.78, 5) is 0. The Morgan fingerprint density at radius 1 is 0.889 bits per heavy atom. The van der Waals surface area contributed by atoms with E-state index in [-0.39, 0.29) is 6.10 Å². The van der Waals surface area contributed by atoms with Crippen LogP contribution in [-0.4, -0.2) is 11.2 Å². The third kappa shape index (κ3) is 3.98. The fourth-order valence-corrected chi connectivity index (χ4v) is 4.12. The lowest BCUT2D eigenvalue weighted by Gasteiger charge is -2.10. The van der Waals surface area contributed by atoms with Crippen LogP contribution < -0.4 is 0 Å². The van der Waals surface area contributed by atoms with Crippen molar-refractivity contribution in [3.63, 3.8) is 0 Å². The van der Waals surface area contributed by atoms with E-state index in [4.69, 9.17) is 0 Å². The third-order valence-corrected chi connectivity index (χ3v) is 5.27. The summed E-state index contributed by atoms with van der Waals surface area (Å²) in [6.07, 6.45) is 16.3. The lowest BCUT2D eigenvalue weighted by Crippen LogP contribution is -2.11. The van der Waals surface area contributed by atoms with Crippen LogP contribution in [0.5, 0.6) is 0 Å². The number of unbranched alkanes of at least 4 members (excludes halogenated alkanes) is 6. The number of fused-ring (bicyclic) bond motifs is 1. The van der Waals surface area contributed by atoms with Crippen molar-refractivity contribution in [3.05, 3.63) is 0 Å². The van der Waals surface area contributed by atoms with E-state index in [2.05, 4.69) is 6.92 Å². The van der Waals surface area contributed by atoms with E-state index >= 15 is 0 Å². The molecular weight excluding hydrogens is 220 g/mol. The third-order valence-electron chi connectivity index (χ3n) is 5.27. The van der Waals surface area contributed by atoms with Crippen molar-refractivity contribution in [1.29, 1.82) is 0 Å². The van der Waals surface area contributed by atoms with Gasteiger partial charge in [0, 0.05) is 0 Å². The molecule has 1 nitrogen and oxygen atoms in total. The van der Waals surface area contributed by atoms with Crippen LogP contribution in [0.25, 0.3) is 0 Å². The van der Waals surface area contributed by atoms with Gasteiger partial charge in [0.05, 0.1) is 6.10 Å². The Kier molecular flexibility index (Phi) is 6.01. The van der Waals surface area contributed by atoms with Crippen LogP contribution >= 0.6 is 0 Å². The predicted molar refractivity (Wildman–Crippen MR) is 77.6 cm³/mol. The molecule has 0 heterocycles. The molecule has 0 aromatic heterocycles. The van der Waals surface area contributed by atoms with Gasteiger partial charge in [0.25, 0.3) is 0 Å². The maximum atomic E-state index is 10.3. The Hall–Kier alpha value is -0.0400. The van der Waals surface area contributed by atoms with Crippen LogP contribution in [0.1, 0.15) is 84.0 Å². The van der Waals surface area contributed by atoms with Gasteiger partial charge in [0.2, 0.25) is 0 Å². The van der Waals surface area contributed by atoms with Crippen LogP contribution in [0.2, 0.25) is 0 Å². The van der Waals surface area contributed by atoms with Crippen molar-refractivity contribution >= 4 is 0 Å². The standard InChI is InChI=1S/C17H32O/c1-2-3-4-5-6-7-8-13-16(18)17-14-11-9-10-12-15(14)17/h14-18H,2-13H2,1H3. The summed E-state index contributed by atoms with van der Waals surface area (Å²) in [7, 11) is 0. The Morgan fingerprint density at radius 3 is 2.06 bits per heavy atom. The monoisotopic (exact) mass is 252 g/mol. The largest absolute Gasteiger partial charge is 0.393 e. The quantitative estimate of drug-likeness (QED) is 0.577. The molecule has 2 aliphatic rings. The molecule has 2 saturated carbocycles. The predicted octanol–water partition coefficient (Wildman–Crippen LogP) is 4.92. The fourth-order valence-electron chi connectivity index (χ4n) is 4.12. The average Bonchev–Trinajstić information content (AvgIpc) is 3.12. The molecule has 0 saturated heterocycles. The lowest BCUT2D eigenvalue weighted by atomic mass is 10.0. The van der Waals surface area contributed by atoms with Crippen LogP contribution in [0.15, 0.2) is 0 Å². The molecule has 0 spiro atoms. The first-order valence-electron chi connectivity index (χ1n) is 8.52. The zero-order chi connectivity index (χ0) is 12.8. The van der Waals surface area contributed by atoms with Crippen LogP contribution in [0.3, 0.4) is 0 Å². The first-order valence-corrected chi connectivity index (χ1v) is 8.52. The van der Waals surface area contributed by atoms with Crippen molar-refractivity contribution in [2.24, 2.45) is 17.8 Å². The van der Waals surface area contributed by atoms with E-state index in [9.17, 15) is 5.11 Å². The first-order chi connectivity index (χ1) is 8.84. The number of hydrogen-bond acceptors (Lipinski definition) is 1. The molecule has 18 heavy (non-hydrogen) atoms. The second-order valence-electron chi connectivity index (χ2n) is 6.67. The van der Waals surface area contributed by atoms with Gasteiger partial charge >= 0.3 is 0 Å². The Bertz CT molecular complexity index is 214. The van der Waals surface area contributed by atoms with Crippen molar-refractivity contribution in [3.8, 4) is 0 Å². The first kappa shape index (κ1) is 14.4. The SMILES string of the molecule is CCCCCCCCCC(O)C1C2CCCCC21. The number of aliphatic hydroxyl groups is 1. The van der Waals surface area contributed by atoms with E-state index in [1.165, 1.54) is 70.6 Å². The van der Waals surface area contributed by atoms with Gasteiger partial charge in [0.1, 0.15) is 0 Å². The van der Waals surface area contributed by atoms with Gasteiger partial charge < -0.3 is 5.11 Å². The van der Waals surface area contributed by atoms with Crippen molar-refractivity contribution in [2.45, 2.75) is 90.1 Å². The summed E-state index contributed by atoms with van der Waals surface area (Å²) in [6, 6.07) is 0. The Morgan fingerprint density at radius 2 is 1.44 bits per heavy atom. The number of rotatable bonds is 9. The molecule has 0 aromatic rings. The van der Waals surface area contributed by atoms with Gasteiger partial charge in [-0.3, -0.25) is 0 Å². The maximum Gasteiger partial charge on any atom is 0.0573 e. The molecule has 3 unspecified atom stereocenters. The molecule has 0 bridgehead atoms. The van der Waals surface area contributed by atoms with Gasteiger partial charge in [-0.2, -0.15) is 0 Å². The molecule has 0 radical (unpaired) electrons. The number of hydrogen-bond donors (Lipinski definition) is 1. The second kappa shape index (κ2) is 7.53. The van der Waals surface area contributed by atoms with Crippen molar-refractivity contribution in [1.82, 2.24) is 0 Å². The molecule has 2 rings (SSSR count). The van der Waals surface area contributed by atoms with Crippen LogP contribution in [0.4, 0.5) is 0 Å². The summed E-state index contributed by atoms with van der Waals surface area (Å²) in [5.74, 6) is 2.53. The normalized spacial score (nSPS) is 32.0. The highest BCUT2D eigenvalue weighted by molar-refractivity contribution is 5.02. The van der Waals surface area contributed by atoms with Gasteiger partial charge in [-0.05, 0) is 37.0 Å². The minimum absolute atomic E-state index is 0.0359. The topological polar surface area (TPSA) is 20.2 Å². The summed E-state index contributed by atoms with van der Waals surface area (Å²) in [5.41, 5.74) is 0. The van der Waals surface area contributed by atoms with Crippen molar-refractivity contribution in [2.75, 3.05) is 0 Å². The number of aliphatic hydroxyl groups excluding tert-OH is 1. The van der Waals surface area contributed by atoms with E-state index in [0.29, 0.717) is 5.92 Å². The minimum atomic E-state index is 0.0359. The minimum Gasteiger partial charge on any atom is -0.393 e. The average molecular weight is 252 g/mol. The van der Waals surface area contributed by atoms with Crippen molar-refractivity contribution < 1.29 is 5.11 Å². The zero-order valence-electron chi connectivity index (χ0n) is 12.2. The van der Waals surface area contributed by atoms with Gasteiger partial charge in [0.15, 0.2) is 0 Å². The molecular formula is C17H32O. The fraction of sp³-hybridized carbons (Fsp3) is 1.00. The van der Waals surface area contributed by atoms with Gasteiger partial charge in [-0.25, -0.2) is 0 Å². The van der Waals surface area contributed by atoms with Crippen LogP contribution in [0, 0.1) is 17.8 Å². The molecule has 0 aliphatic heterocycles. The molecule has 0 aromatic carbocycles. The van der Waals surface area contributed by atoms with E-state index in [1.807, 2.05) is 0 Å². The molecule has 3 atom stereocenters. The van der Waals surface area contributed by atoms with Gasteiger partial charge in [-0.1, -0.05) is 64.7 Å².